The van der Waals surface area contributed by atoms with Crippen LogP contribution in [0.15, 0.2) is 42.5 Å². The fraction of sp³-hybridized carbons (Fsp3) is 0.417. The van der Waals surface area contributed by atoms with Gasteiger partial charge < -0.3 is 10.2 Å². The molecule has 0 heterocycles. The summed E-state index contributed by atoms with van der Waals surface area (Å²) in [6.45, 7) is 6.83. The molecule has 2 rings (SSSR count). The second-order valence-electron chi connectivity index (χ2n) is 8.31. The van der Waals surface area contributed by atoms with E-state index >= 15 is 0 Å². The van der Waals surface area contributed by atoms with Crippen molar-refractivity contribution in [2.45, 2.75) is 52.7 Å². The number of carbonyl (C=O) groups is 2. The van der Waals surface area contributed by atoms with Gasteiger partial charge in [0, 0.05) is 12.6 Å². The molecule has 2 unspecified atom stereocenters. The van der Waals surface area contributed by atoms with Crippen LogP contribution >= 0.6 is 11.6 Å². The SMILES string of the molecule is CCC(C)NC(=O)C(C)N(Cc1ccccc1C)C(=O)CN(c1ccc(F)c(Cl)c1)S(C)(=O)=O. The van der Waals surface area contributed by atoms with E-state index in [0.717, 1.165) is 40.2 Å². The van der Waals surface area contributed by atoms with Gasteiger partial charge in [-0.2, -0.15) is 0 Å². The average molecular weight is 512 g/mol. The van der Waals surface area contributed by atoms with Crippen molar-refractivity contribution in [3.05, 3.63) is 64.4 Å². The van der Waals surface area contributed by atoms with Crippen molar-refractivity contribution >= 4 is 39.1 Å². The third-order valence-electron chi connectivity index (χ3n) is 5.64. The normalized spacial score (nSPS) is 13.1. The highest BCUT2D eigenvalue weighted by Gasteiger charge is 2.30. The second kappa shape index (κ2) is 11.7. The summed E-state index contributed by atoms with van der Waals surface area (Å²) in [5, 5.41) is 2.60. The van der Waals surface area contributed by atoms with Crippen molar-refractivity contribution in [2.75, 3.05) is 17.1 Å². The van der Waals surface area contributed by atoms with Gasteiger partial charge in [-0.25, -0.2) is 12.8 Å². The quantitative estimate of drug-likeness (QED) is 0.524. The van der Waals surface area contributed by atoms with Crippen LogP contribution in [0.25, 0.3) is 0 Å². The molecule has 0 fully saturated rings. The first-order chi connectivity index (χ1) is 15.8. The zero-order chi connectivity index (χ0) is 25.6. The molecule has 10 heteroatoms. The maximum Gasteiger partial charge on any atom is 0.244 e. The molecular weight excluding hydrogens is 481 g/mol. The van der Waals surface area contributed by atoms with Crippen molar-refractivity contribution in [3.63, 3.8) is 0 Å². The van der Waals surface area contributed by atoms with Gasteiger partial charge >= 0.3 is 0 Å². The number of amides is 2. The Morgan fingerprint density at radius 3 is 2.35 bits per heavy atom. The number of carbonyl (C=O) groups excluding carboxylic acids is 2. The van der Waals surface area contributed by atoms with Crippen LogP contribution in [0.2, 0.25) is 5.02 Å². The lowest BCUT2D eigenvalue weighted by atomic mass is 10.1. The van der Waals surface area contributed by atoms with Gasteiger partial charge in [-0.3, -0.25) is 13.9 Å². The summed E-state index contributed by atoms with van der Waals surface area (Å²) in [4.78, 5) is 27.7. The molecule has 0 aliphatic rings. The number of halogens is 2. The van der Waals surface area contributed by atoms with Gasteiger partial charge in [-0.05, 0) is 56.5 Å². The van der Waals surface area contributed by atoms with Gasteiger partial charge in [-0.1, -0.05) is 42.8 Å². The van der Waals surface area contributed by atoms with Gasteiger partial charge in [0.15, 0.2) is 0 Å². The molecule has 2 aromatic carbocycles. The predicted molar refractivity (Wildman–Crippen MR) is 133 cm³/mol. The fourth-order valence-electron chi connectivity index (χ4n) is 3.27. The zero-order valence-corrected chi connectivity index (χ0v) is 21.6. The molecule has 0 bridgehead atoms. The molecule has 0 radical (unpaired) electrons. The minimum absolute atomic E-state index is 0.0507. The summed E-state index contributed by atoms with van der Waals surface area (Å²) < 4.78 is 39.5. The van der Waals surface area contributed by atoms with E-state index in [1.54, 1.807) is 6.92 Å². The molecule has 186 valence electrons. The maximum atomic E-state index is 13.6. The van der Waals surface area contributed by atoms with Crippen molar-refractivity contribution in [1.82, 2.24) is 10.2 Å². The number of rotatable bonds is 10. The minimum Gasteiger partial charge on any atom is -0.352 e. The minimum atomic E-state index is -3.92. The molecule has 1 N–H and O–H groups in total. The summed E-state index contributed by atoms with van der Waals surface area (Å²) in [5.41, 5.74) is 1.81. The number of hydrogen-bond acceptors (Lipinski definition) is 4. The van der Waals surface area contributed by atoms with Crippen LogP contribution in [-0.4, -0.2) is 50.0 Å². The van der Waals surface area contributed by atoms with Crippen LogP contribution in [0.1, 0.15) is 38.3 Å². The highest BCUT2D eigenvalue weighted by atomic mass is 35.5. The van der Waals surface area contributed by atoms with Crippen molar-refractivity contribution < 1.29 is 22.4 Å². The number of anilines is 1. The zero-order valence-electron chi connectivity index (χ0n) is 20.0. The van der Waals surface area contributed by atoms with Gasteiger partial charge in [0.1, 0.15) is 18.4 Å². The molecule has 34 heavy (non-hydrogen) atoms. The Kier molecular flexibility index (Phi) is 9.46. The number of sulfonamides is 1. The van der Waals surface area contributed by atoms with Gasteiger partial charge in [0.2, 0.25) is 21.8 Å². The van der Waals surface area contributed by atoms with Crippen LogP contribution in [0, 0.1) is 12.7 Å². The molecule has 2 aromatic rings. The standard InChI is InChI=1S/C24H31ClFN3O4S/c1-6-17(3)27-24(31)18(4)28(14-19-10-8-7-9-16(19)2)23(30)15-29(34(5,32)33)20-11-12-22(26)21(25)13-20/h7-13,17-18H,6,14-15H2,1-5H3,(H,27,31). The largest absolute Gasteiger partial charge is 0.352 e. The average Bonchev–Trinajstić information content (AvgIpc) is 2.77. The molecular formula is C24H31ClFN3O4S. The Balaban J connectivity index is 2.42. The fourth-order valence-corrected chi connectivity index (χ4v) is 4.29. The number of nitrogens with zero attached hydrogens (tertiary/aromatic N) is 2. The summed E-state index contributed by atoms with van der Waals surface area (Å²) in [6, 6.07) is 9.92. The van der Waals surface area contributed by atoms with E-state index < -0.39 is 34.3 Å². The number of benzene rings is 2. The van der Waals surface area contributed by atoms with Gasteiger partial charge in [-0.15, -0.1) is 0 Å². The van der Waals surface area contributed by atoms with E-state index in [2.05, 4.69) is 5.32 Å². The first-order valence-electron chi connectivity index (χ1n) is 10.9. The third kappa shape index (κ3) is 7.17. The van der Waals surface area contributed by atoms with Crippen LogP contribution in [0.3, 0.4) is 0 Å². The summed E-state index contributed by atoms with van der Waals surface area (Å²) in [7, 11) is -3.92. The lowest BCUT2D eigenvalue weighted by Gasteiger charge is -2.32. The maximum absolute atomic E-state index is 13.6. The van der Waals surface area contributed by atoms with E-state index in [1.165, 1.54) is 11.0 Å². The Bertz CT molecular complexity index is 1140. The highest BCUT2D eigenvalue weighted by Crippen LogP contribution is 2.25. The van der Waals surface area contributed by atoms with Crippen molar-refractivity contribution in [1.29, 1.82) is 0 Å². The Morgan fingerprint density at radius 1 is 1.15 bits per heavy atom. The molecule has 0 aromatic heterocycles. The summed E-state index contributed by atoms with van der Waals surface area (Å²) in [6.07, 6.45) is 1.67. The molecule has 0 aliphatic heterocycles. The molecule has 0 aliphatic carbocycles. The van der Waals surface area contributed by atoms with E-state index in [-0.39, 0.29) is 29.2 Å². The molecule has 7 nitrogen and oxygen atoms in total. The van der Waals surface area contributed by atoms with Crippen LogP contribution in [0.5, 0.6) is 0 Å². The Hall–Kier alpha value is -2.65. The smallest absolute Gasteiger partial charge is 0.244 e. The first kappa shape index (κ1) is 27.6. The van der Waals surface area contributed by atoms with E-state index in [1.807, 2.05) is 45.0 Å². The highest BCUT2D eigenvalue weighted by molar-refractivity contribution is 7.92. The number of aryl methyl sites for hydroxylation is 1. The topological polar surface area (TPSA) is 86.8 Å². The monoisotopic (exact) mass is 511 g/mol. The van der Waals surface area contributed by atoms with Crippen LogP contribution in [0.4, 0.5) is 10.1 Å². The summed E-state index contributed by atoms with van der Waals surface area (Å²) >= 11 is 5.84. The third-order valence-corrected chi connectivity index (χ3v) is 7.07. The molecule has 0 saturated heterocycles. The van der Waals surface area contributed by atoms with Crippen LogP contribution < -0.4 is 9.62 Å². The molecule has 0 saturated carbocycles. The van der Waals surface area contributed by atoms with E-state index in [9.17, 15) is 22.4 Å². The van der Waals surface area contributed by atoms with Gasteiger partial charge in [0.25, 0.3) is 0 Å². The predicted octanol–water partition coefficient (Wildman–Crippen LogP) is 3.89. The Morgan fingerprint density at radius 2 is 1.79 bits per heavy atom. The van der Waals surface area contributed by atoms with Crippen LogP contribution in [-0.2, 0) is 26.2 Å². The van der Waals surface area contributed by atoms with Crippen molar-refractivity contribution in [3.8, 4) is 0 Å². The molecule has 0 spiro atoms. The van der Waals surface area contributed by atoms with Gasteiger partial charge in [0.05, 0.1) is 17.0 Å². The van der Waals surface area contributed by atoms with Crippen molar-refractivity contribution in [2.24, 2.45) is 0 Å². The summed E-state index contributed by atoms with van der Waals surface area (Å²) in [5.74, 6) is -1.63. The van der Waals surface area contributed by atoms with E-state index in [4.69, 9.17) is 11.6 Å². The number of hydrogen-bond donors (Lipinski definition) is 1. The lowest BCUT2D eigenvalue weighted by molar-refractivity contribution is -0.139. The lowest BCUT2D eigenvalue weighted by Crippen LogP contribution is -2.52. The first-order valence-corrected chi connectivity index (χ1v) is 13.1. The molecule has 2 amide bonds. The Labute approximate surface area is 205 Å². The number of nitrogens with one attached hydrogen (secondary N) is 1. The van der Waals surface area contributed by atoms with E-state index in [0.29, 0.717) is 0 Å². The molecule has 2 atom stereocenters. The second-order valence-corrected chi connectivity index (χ2v) is 10.6.